The molecule has 0 aromatic heterocycles. The minimum Gasteiger partial charge on any atom is -0.489 e. The monoisotopic (exact) mass is 375 g/mol. The Labute approximate surface area is 156 Å². The van der Waals surface area contributed by atoms with E-state index in [9.17, 15) is 19.4 Å². The maximum Gasteiger partial charge on any atom is 0.251 e. The first-order valence-electron chi connectivity index (χ1n) is 8.76. The van der Waals surface area contributed by atoms with Gasteiger partial charge in [-0.25, -0.2) is 4.39 Å². The molecule has 3 rings (SSSR count). The van der Waals surface area contributed by atoms with Crippen LogP contribution in [-0.4, -0.2) is 47.6 Å². The molecule has 3 atom stereocenters. The highest BCUT2D eigenvalue weighted by molar-refractivity contribution is 5.94. The lowest BCUT2D eigenvalue weighted by atomic mass is 9.99. The Hall–Kier alpha value is -2.48. The fraction of sp³-hybridized carbons (Fsp3) is 0.350. The van der Waals surface area contributed by atoms with Gasteiger partial charge in [0.05, 0.1) is 12.6 Å². The fourth-order valence-corrected chi connectivity index (χ4v) is 2.92. The van der Waals surface area contributed by atoms with Gasteiger partial charge < -0.3 is 25.0 Å². The molecule has 3 N–H and O–H groups in total. The standard InChI is InChI=1S/C20H22FNO5/c21-16-4-2-1-3-14(16)12-27-15-7-5-13(6-8-15)20(25)22-17-9-10-26-18(11-23)19(17)24/h1-8,17-19,23-24H,9-12H2,(H,22,25)/t17-,18+,19-/m0/s1. The normalized spacial score (nSPS) is 22.3. The Morgan fingerprint density at radius 2 is 1.96 bits per heavy atom. The van der Waals surface area contributed by atoms with E-state index < -0.39 is 18.2 Å². The van der Waals surface area contributed by atoms with Gasteiger partial charge >= 0.3 is 0 Å². The van der Waals surface area contributed by atoms with Gasteiger partial charge in [-0.1, -0.05) is 18.2 Å². The number of carbonyl (C=O) groups is 1. The molecule has 144 valence electrons. The summed E-state index contributed by atoms with van der Waals surface area (Å²) in [4.78, 5) is 12.4. The summed E-state index contributed by atoms with van der Waals surface area (Å²) in [5.41, 5.74) is 0.860. The van der Waals surface area contributed by atoms with Crippen molar-refractivity contribution in [1.29, 1.82) is 0 Å². The van der Waals surface area contributed by atoms with E-state index in [0.717, 1.165) is 0 Å². The number of carbonyl (C=O) groups excluding carboxylic acids is 1. The van der Waals surface area contributed by atoms with Gasteiger partial charge in [0.15, 0.2) is 0 Å². The Balaban J connectivity index is 1.56. The van der Waals surface area contributed by atoms with Gasteiger partial charge in [0.25, 0.3) is 5.91 Å². The van der Waals surface area contributed by atoms with Crippen LogP contribution in [0.5, 0.6) is 5.75 Å². The lowest BCUT2D eigenvalue weighted by Gasteiger charge is -2.34. The average Bonchev–Trinajstić information content (AvgIpc) is 2.69. The minimum absolute atomic E-state index is 0.0923. The van der Waals surface area contributed by atoms with Crippen molar-refractivity contribution in [1.82, 2.24) is 5.32 Å². The van der Waals surface area contributed by atoms with Crippen LogP contribution in [0.1, 0.15) is 22.3 Å². The number of aliphatic hydroxyl groups excluding tert-OH is 2. The SMILES string of the molecule is O=C(N[C@H]1CCO[C@H](CO)[C@H]1O)c1ccc(OCc2ccccc2F)cc1. The highest BCUT2D eigenvalue weighted by atomic mass is 19.1. The molecule has 7 heteroatoms. The number of hydrogen-bond donors (Lipinski definition) is 3. The molecule has 1 amide bonds. The summed E-state index contributed by atoms with van der Waals surface area (Å²) in [6, 6.07) is 12.3. The lowest BCUT2D eigenvalue weighted by molar-refractivity contribution is -0.107. The number of benzene rings is 2. The van der Waals surface area contributed by atoms with Crippen molar-refractivity contribution < 1.29 is 28.9 Å². The van der Waals surface area contributed by atoms with Crippen LogP contribution < -0.4 is 10.1 Å². The number of halogens is 1. The Morgan fingerprint density at radius 3 is 2.67 bits per heavy atom. The Kier molecular flexibility index (Phi) is 6.39. The van der Waals surface area contributed by atoms with Crippen LogP contribution in [0.4, 0.5) is 4.39 Å². The molecule has 2 aromatic carbocycles. The third-order valence-corrected chi connectivity index (χ3v) is 4.52. The predicted octanol–water partition coefficient (Wildman–Crippen LogP) is 1.65. The highest BCUT2D eigenvalue weighted by Gasteiger charge is 2.33. The molecule has 0 spiro atoms. The quantitative estimate of drug-likeness (QED) is 0.715. The predicted molar refractivity (Wildman–Crippen MR) is 95.9 cm³/mol. The molecule has 1 saturated heterocycles. The van der Waals surface area contributed by atoms with Gasteiger partial charge in [0.1, 0.15) is 30.4 Å². The van der Waals surface area contributed by atoms with E-state index in [1.54, 1.807) is 42.5 Å². The van der Waals surface area contributed by atoms with Crippen LogP contribution in [0.25, 0.3) is 0 Å². The summed E-state index contributed by atoms with van der Waals surface area (Å²) in [6.45, 7) is 0.146. The van der Waals surface area contributed by atoms with E-state index in [4.69, 9.17) is 9.47 Å². The van der Waals surface area contributed by atoms with Gasteiger partial charge in [-0.15, -0.1) is 0 Å². The van der Waals surface area contributed by atoms with Crippen molar-refractivity contribution in [2.45, 2.75) is 31.3 Å². The molecule has 0 saturated carbocycles. The Morgan fingerprint density at radius 1 is 1.22 bits per heavy atom. The molecule has 0 unspecified atom stereocenters. The third-order valence-electron chi connectivity index (χ3n) is 4.52. The van der Waals surface area contributed by atoms with Crippen molar-refractivity contribution in [2.24, 2.45) is 0 Å². The van der Waals surface area contributed by atoms with Crippen LogP contribution in [0, 0.1) is 5.82 Å². The van der Waals surface area contributed by atoms with Crippen LogP contribution >= 0.6 is 0 Å². The fourth-order valence-electron chi connectivity index (χ4n) is 2.92. The molecular formula is C20H22FNO5. The largest absolute Gasteiger partial charge is 0.489 e. The zero-order valence-corrected chi connectivity index (χ0v) is 14.7. The van der Waals surface area contributed by atoms with Crippen LogP contribution in [0.2, 0.25) is 0 Å². The van der Waals surface area contributed by atoms with Crippen molar-refractivity contribution in [3.8, 4) is 5.75 Å². The number of hydrogen-bond acceptors (Lipinski definition) is 5. The zero-order valence-electron chi connectivity index (χ0n) is 14.7. The highest BCUT2D eigenvalue weighted by Crippen LogP contribution is 2.18. The van der Waals surface area contributed by atoms with Crippen LogP contribution in [-0.2, 0) is 11.3 Å². The number of amides is 1. The van der Waals surface area contributed by atoms with Crippen molar-refractivity contribution >= 4 is 5.91 Å². The molecule has 1 aliphatic rings. The van der Waals surface area contributed by atoms with Gasteiger partial charge in [-0.3, -0.25) is 4.79 Å². The first kappa shape index (κ1) is 19.3. The molecule has 0 bridgehead atoms. The van der Waals surface area contributed by atoms with E-state index in [-0.39, 0.29) is 24.9 Å². The summed E-state index contributed by atoms with van der Waals surface area (Å²) in [5, 5.41) is 22.1. The number of aliphatic hydroxyl groups is 2. The smallest absolute Gasteiger partial charge is 0.251 e. The molecule has 27 heavy (non-hydrogen) atoms. The summed E-state index contributed by atoms with van der Waals surface area (Å²) >= 11 is 0. The van der Waals surface area contributed by atoms with Gasteiger partial charge in [-0.2, -0.15) is 0 Å². The molecule has 2 aromatic rings. The summed E-state index contributed by atoms with van der Waals surface area (Å²) in [6.07, 6.45) is -1.19. The number of rotatable bonds is 6. The zero-order chi connectivity index (χ0) is 19.2. The topological polar surface area (TPSA) is 88.0 Å². The van der Waals surface area contributed by atoms with E-state index >= 15 is 0 Å². The second kappa shape index (κ2) is 8.94. The van der Waals surface area contributed by atoms with E-state index in [0.29, 0.717) is 29.9 Å². The molecule has 6 nitrogen and oxygen atoms in total. The molecule has 1 fully saturated rings. The first-order chi connectivity index (χ1) is 13.1. The maximum absolute atomic E-state index is 13.6. The van der Waals surface area contributed by atoms with Crippen molar-refractivity contribution in [2.75, 3.05) is 13.2 Å². The van der Waals surface area contributed by atoms with Gasteiger partial charge in [0, 0.05) is 17.7 Å². The van der Waals surface area contributed by atoms with Gasteiger partial charge in [-0.05, 0) is 36.8 Å². The average molecular weight is 375 g/mol. The molecule has 0 aliphatic carbocycles. The van der Waals surface area contributed by atoms with Crippen LogP contribution in [0.15, 0.2) is 48.5 Å². The minimum atomic E-state index is -0.962. The maximum atomic E-state index is 13.6. The molecule has 0 radical (unpaired) electrons. The molecule has 1 heterocycles. The van der Waals surface area contributed by atoms with Crippen molar-refractivity contribution in [3.05, 3.63) is 65.5 Å². The first-order valence-corrected chi connectivity index (χ1v) is 8.76. The van der Waals surface area contributed by atoms with Crippen LogP contribution in [0.3, 0.4) is 0 Å². The summed E-state index contributed by atoms with van der Waals surface area (Å²) in [7, 11) is 0. The number of nitrogens with one attached hydrogen (secondary N) is 1. The van der Waals surface area contributed by atoms with Gasteiger partial charge in [0.2, 0.25) is 0 Å². The number of ether oxygens (including phenoxy) is 2. The second-order valence-electron chi connectivity index (χ2n) is 6.36. The second-order valence-corrected chi connectivity index (χ2v) is 6.36. The molecular weight excluding hydrogens is 353 g/mol. The summed E-state index contributed by atoms with van der Waals surface area (Å²) in [5.74, 6) is -0.149. The van der Waals surface area contributed by atoms with E-state index in [1.165, 1.54) is 6.07 Å². The summed E-state index contributed by atoms with van der Waals surface area (Å²) < 4.78 is 24.4. The van der Waals surface area contributed by atoms with E-state index in [2.05, 4.69) is 5.32 Å². The van der Waals surface area contributed by atoms with Crippen molar-refractivity contribution in [3.63, 3.8) is 0 Å². The molecule has 1 aliphatic heterocycles. The Bertz CT molecular complexity index is 767. The third kappa shape index (κ3) is 4.82. The lowest BCUT2D eigenvalue weighted by Crippen LogP contribution is -2.54. The van der Waals surface area contributed by atoms with E-state index in [1.807, 2.05) is 0 Å².